The van der Waals surface area contributed by atoms with Crippen LogP contribution in [0.25, 0.3) is 0 Å². The normalized spacial score (nSPS) is 19.9. The number of anilines is 1. The Bertz CT molecular complexity index is 1100. The van der Waals surface area contributed by atoms with Crippen LogP contribution in [-0.4, -0.2) is 59.7 Å². The second-order valence-electron chi connectivity index (χ2n) is 10.2. The molecule has 0 bridgehead atoms. The van der Waals surface area contributed by atoms with Crippen LogP contribution in [-0.2, 0) is 28.9 Å². The SMILES string of the molecule is O=C(O)C[C@H](NC(=O)[C@@H]1CCCN(CCCc2ccc3c(n2)NCCC3)C1)c1cccc2c1CCO2. The predicted octanol–water partition coefficient (Wildman–Crippen LogP) is 3.35. The fraction of sp³-hybridized carbons (Fsp3) is 0.536. The Morgan fingerprint density at radius 1 is 1.22 bits per heavy atom. The highest BCUT2D eigenvalue weighted by Crippen LogP contribution is 2.33. The van der Waals surface area contributed by atoms with Gasteiger partial charge >= 0.3 is 5.97 Å². The van der Waals surface area contributed by atoms with Gasteiger partial charge in [-0.05, 0) is 74.9 Å². The lowest BCUT2D eigenvalue weighted by Gasteiger charge is -2.33. The molecule has 1 aromatic carbocycles. The summed E-state index contributed by atoms with van der Waals surface area (Å²) in [6.45, 7) is 4.22. The molecule has 192 valence electrons. The highest BCUT2D eigenvalue weighted by atomic mass is 16.5. The fourth-order valence-corrected chi connectivity index (χ4v) is 5.74. The highest BCUT2D eigenvalue weighted by molar-refractivity contribution is 5.80. The Morgan fingerprint density at radius 3 is 3.03 bits per heavy atom. The number of amides is 1. The Balaban J connectivity index is 1.16. The van der Waals surface area contributed by atoms with Crippen LogP contribution in [0.2, 0.25) is 0 Å². The van der Waals surface area contributed by atoms with Crippen molar-refractivity contribution in [3.8, 4) is 5.75 Å². The lowest BCUT2D eigenvalue weighted by Crippen LogP contribution is -2.44. The van der Waals surface area contributed by atoms with E-state index in [1.807, 2.05) is 18.2 Å². The third kappa shape index (κ3) is 5.81. The number of nitrogens with zero attached hydrogens (tertiary/aromatic N) is 2. The van der Waals surface area contributed by atoms with E-state index in [1.165, 1.54) is 5.56 Å². The van der Waals surface area contributed by atoms with Gasteiger partial charge in [0.15, 0.2) is 0 Å². The molecule has 0 spiro atoms. The number of ether oxygens (including phenoxy) is 1. The molecule has 1 fully saturated rings. The van der Waals surface area contributed by atoms with E-state index >= 15 is 0 Å². The number of carboxylic acid groups (broad SMARTS) is 1. The Labute approximate surface area is 212 Å². The minimum absolute atomic E-state index is 0.0510. The predicted molar refractivity (Wildman–Crippen MR) is 137 cm³/mol. The molecule has 3 aliphatic rings. The van der Waals surface area contributed by atoms with Crippen LogP contribution in [0.15, 0.2) is 30.3 Å². The first-order chi connectivity index (χ1) is 17.6. The van der Waals surface area contributed by atoms with Crippen molar-refractivity contribution >= 4 is 17.7 Å². The zero-order valence-corrected chi connectivity index (χ0v) is 20.8. The summed E-state index contributed by atoms with van der Waals surface area (Å²) in [6, 6.07) is 9.49. The number of carbonyl (C=O) groups excluding carboxylic acids is 1. The first-order valence-corrected chi connectivity index (χ1v) is 13.3. The molecular weight excluding hydrogens is 456 g/mol. The summed E-state index contributed by atoms with van der Waals surface area (Å²) in [4.78, 5) is 32.0. The molecule has 8 heteroatoms. The van der Waals surface area contributed by atoms with E-state index in [4.69, 9.17) is 9.72 Å². The van der Waals surface area contributed by atoms with Gasteiger partial charge in [-0.3, -0.25) is 9.59 Å². The minimum Gasteiger partial charge on any atom is -0.493 e. The average molecular weight is 493 g/mol. The van der Waals surface area contributed by atoms with Crippen molar-refractivity contribution in [2.45, 2.75) is 57.4 Å². The summed E-state index contributed by atoms with van der Waals surface area (Å²) < 4.78 is 5.65. The van der Waals surface area contributed by atoms with Gasteiger partial charge in [-0.15, -0.1) is 0 Å². The van der Waals surface area contributed by atoms with E-state index in [-0.39, 0.29) is 18.2 Å². The largest absolute Gasteiger partial charge is 0.493 e. The van der Waals surface area contributed by atoms with Crippen LogP contribution < -0.4 is 15.4 Å². The van der Waals surface area contributed by atoms with Crippen LogP contribution in [0.4, 0.5) is 5.82 Å². The second kappa shape index (κ2) is 11.3. The minimum atomic E-state index is -0.923. The number of aromatic nitrogens is 1. The zero-order valence-electron chi connectivity index (χ0n) is 20.8. The van der Waals surface area contributed by atoms with Gasteiger partial charge in [-0.25, -0.2) is 4.98 Å². The standard InChI is InChI=1S/C28H36N4O4/c33-26(34)17-24(22-8-1-9-25-23(22)12-16-36-25)31-28(35)20-6-3-14-32(18-20)15-4-7-21-11-10-19-5-2-13-29-27(19)30-21/h1,8-11,20,24H,2-7,12-18H2,(H,29,30)(H,31,35)(H,33,34)/t20-,24+/m1/s1. The highest BCUT2D eigenvalue weighted by Gasteiger charge is 2.30. The molecular formula is C28H36N4O4. The number of hydrogen-bond donors (Lipinski definition) is 3. The van der Waals surface area contributed by atoms with Crippen molar-refractivity contribution in [2.75, 3.05) is 38.1 Å². The lowest BCUT2D eigenvalue weighted by molar-refractivity contribution is -0.138. The fourth-order valence-electron chi connectivity index (χ4n) is 5.74. The first kappa shape index (κ1) is 24.6. The van der Waals surface area contributed by atoms with Gasteiger partial charge < -0.3 is 25.4 Å². The van der Waals surface area contributed by atoms with Crippen molar-refractivity contribution in [1.82, 2.24) is 15.2 Å². The number of carbonyl (C=O) groups is 2. The Morgan fingerprint density at radius 2 is 2.14 bits per heavy atom. The lowest BCUT2D eigenvalue weighted by atomic mass is 9.93. The summed E-state index contributed by atoms with van der Waals surface area (Å²) >= 11 is 0. The number of aliphatic carboxylic acids is 1. The third-order valence-electron chi connectivity index (χ3n) is 7.58. The van der Waals surface area contributed by atoms with Gasteiger partial charge in [0.05, 0.1) is 25.0 Å². The zero-order chi connectivity index (χ0) is 24.9. The summed E-state index contributed by atoms with van der Waals surface area (Å²) in [6.07, 6.45) is 6.58. The molecule has 5 rings (SSSR count). The van der Waals surface area contributed by atoms with Gasteiger partial charge in [-0.1, -0.05) is 18.2 Å². The Hall–Kier alpha value is -3.13. The number of carboxylic acids is 1. The number of piperidine rings is 1. The average Bonchev–Trinajstić information content (AvgIpc) is 3.37. The van der Waals surface area contributed by atoms with Crippen LogP contribution in [0.5, 0.6) is 5.75 Å². The molecule has 0 radical (unpaired) electrons. The number of rotatable bonds is 9. The monoisotopic (exact) mass is 492 g/mol. The molecule has 0 unspecified atom stereocenters. The molecule has 4 heterocycles. The molecule has 3 aliphatic heterocycles. The number of nitrogens with one attached hydrogen (secondary N) is 2. The van der Waals surface area contributed by atoms with E-state index in [0.717, 1.165) is 93.0 Å². The number of fused-ring (bicyclic) bond motifs is 2. The summed E-state index contributed by atoms with van der Waals surface area (Å²) in [5.41, 5.74) is 4.30. The van der Waals surface area contributed by atoms with E-state index in [1.54, 1.807) is 0 Å². The van der Waals surface area contributed by atoms with Crippen molar-refractivity contribution in [2.24, 2.45) is 5.92 Å². The third-order valence-corrected chi connectivity index (χ3v) is 7.58. The van der Waals surface area contributed by atoms with Gasteiger partial charge in [-0.2, -0.15) is 0 Å². The smallest absolute Gasteiger partial charge is 0.305 e. The van der Waals surface area contributed by atoms with Crippen LogP contribution in [0.3, 0.4) is 0 Å². The van der Waals surface area contributed by atoms with E-state index < -0.39 is 12.0 Å². The van der Waals surface area contributed by atoms with Crippen molar-refractivity contribution in [3.05, 3.63) is 52.7 Å². The molecule has 3 N–H and O–H groups in total. The van der Waals surface area contributed by atoms with Crippen molar-refractivity contribution < 1.29 is 19.4 Å². The maximum atomic E-state index is 13.3. The van der Waals surface area contributed by atoms with Crippen LogP contribution in [0, 0.1) is 5.92 Å². The van der Waals surface area contributed by atoms with Crippen molar-refractivity contribution in [3.63, 3.8) is 0 Å². The number of benzene rings is 1. The molecule has 1 saturated heterocycles. The molecule has 1 amide bonds. The summed E-state index contributed by atoms with van der Waals surface area (Å²) in [7, 11) is 0. The van der Waals surface area contributed by atoms with Gasteiger partial charge in [0, 0.05) is 30.8 Å². The molecule has 0 aliphatic carbocycles. The Kier molecular flexibility index (Phi) is 7.70. The molecule has 36 heavy (non-hydrogen) atoms. The maximum Gasteiger partial charge on any atom is 0.305 e. The van der Waals surface area contributed by atoms with Gasteiger partial charge in [0.25, 0.3) is 0 Å². The molecule has 0 saturated carbocycles. The first-order valence-electron chi connectivity index (χ1n) is 13.3. The second-order valence-corrected chi connectivity index (χ2v) is 10.2. The van der Waals surface area contributed by atoms with Crippen LogP contribution >= 0.6 is 0 Å². The molecule has 2 aromatic rings. The topological polar surface area (TPSA) is 104 Å². The quantitative estimate of drug-likeness (QED) is 0.493. The maximum absolute atomic E-state index is 13.3. The van der Waals surface area contributed by atoms with Gasteiger partial charge in [0.2, 0.25) is 5.91 Å². The molecule has 8 nitrogen and oxygen atoms in total. The summed E-state index contributed by atoms with van der Waals surface area (Å²) in [5, 5.41) is 16.0. The van der Waals surface area contributed by atoms with Gasteiger partial charge in [0.1, 0.15) is 11.6 Å². The van der Waals surface area contributed by atoms with E-state index in [2.05, 4.69) is 27.7 Å². The number of aryl methyl sites for hydroxylation is 2. The van der Waals surface area contributed by atoms with E-state index in [0.29, 0.717) is 13.2 Å². The van der Waals surface area contributed by atoms with Crippen LogP contribution in [0.1, 0.15) is 60.5 Å². The number of pyridine rings is 1. The summed E-state index contributed by atoms with van der Waals surface area (Å²) in [5.74, 6) is 0.734. The number of hydrogen-bond acceptors (Lipinski definition) is 6. The number of likely N-dealkylation sites (tertiary alicyclic amines) is 1. The van der Waals surface area contributed by atoms with E-state index in [9.17, 15) is 14.7 Å². The molecule has 1 aromatic heterocycles. The molecule has 2 atom stereocenters. The van der Waals surface area contributed by atoms with Crippen molar-refractivity contribution in [1.29, 1.82) is 0 Å².